The minimum Gasteiger partial charge on any atom is -0.493 e. The molecule has 2 rings (SSSR count). The molecule has 2 N–H and O–H groups in total. The van der Waals surface area contributed by atoms with Crippen molar-refractivity contribution in [1.82, 2.24) is 5.32 Å². The van der Waals surface area contributed by atoms with Gasteiger partial charge in [-0.15, -0.1) is 0 Å². The molecule has 1 aromatic carbocycles. The lowest BCUT2D eigenvalue weighted by atomic mass is 9.56. The van der Waals surface area contributed by atoms with E-state index in [0.29, 0.717) is 12.4 Å². The van der Waals surface area contributed by atoms with Crippen LogP contribution in [0.1, 0.15) is 34.1 Å². The number of ether oxygens (including phenoxy) is 3. The molecule has 0 bridgehead atoms. The van der Waals surface area contributed by atoms with Crippen LogP contribution in [-0.4, -0.2) is 45.5 Å². The molecule has 0 saturated heterocycles. The summed E-state index contributed by atoms with van der Waals surface area (Å²) in [4.78, 5) is 4.34. The molecule has 2 unspecified atom stereocenters. The van der Waals surface area contributed by atoms with Crippen LogP contribution in [0.25, 0.3) is 0 Å². The Bertz CT molecular complexity index is 630. The summed E-state index contributed by atoms with van der Waals surface area (Å²) in [5.41, 5.74) is 0.780. The first-order chi connectivity index (χ1) is 11.8. The fourth-order valence-electron chi connectivity index (χ4n) is 3.20. The molecule has 1 aliphatic carbocycles. The Morgan fingerprint density at radius 3 is 2.48 bits per heavy atom. The summed E-state index contributed by atoms with van der Waals surface area (Å²) in [6, 6.07) is 6.04. The van der Waals surface area contributed by atoms with Gasteiger partial charge in [0.1, 0.15) is 0 Å². The van der Waals surface area contributed by atoms with E-state index in [-0.39, 0.29) is 17.1 Å². The summed E-state index contributed by atoms with van der Waals surface area (Å²) in [7, 11) is 5.18. The first-order valence-corrected chi connectivity index (χ1v) is 8.67. The normalized spacial score (nSPS) is 25.1. The molecule has 1 saturated carbocycles. The first-order valence-electron chi connectivity index (χ1n) is 8.67. The van der Waals surface area contributed by atoms with Crippen molar-refractivity contribution >= 4 is 11.6 Å². The van der Waals surface area contributed by atoms with Crippen LogP contribution < -0.4 is 20.1 Å². The third kappa shape index (κ3) is 3.68. The number of anilines is 1. The number of hydrogen-bond donors (Lipinski definition) is 2. The van der Waals surface area contributed by atoms with Crippen molar-refractivity contribution in [2.75, 3.05) is 33.2 Å². The lowest BCUT2D eigenvalue weighted by Gasteiger charge is -2.59. The van der Waals surface area contributed by atoms with Gasteiger partial charge in [0.2, 0.25) is 0 Å². The van der Waals surface area contributed by atoms with Crippen molar-refractivity contribution in [3.63, 3.8) is 0 Å². The van der Waals surface area contributed by atoms with Gasteiger partial charge in [-0.1, -0.05) is 13.8 Å². The number of nitrogens with one attached hydrogen (secondary N) is 2. The highest BCUT2D eigenvalue weighted by Crippen LogP contribution is 2.51. The van der Waals surface area contributed by atoms with Crippen molar-refractivity contribution in [2.45, 2.75) is 45.8 Å². The number of hydrogen-bond acceptors (Lipinski definition) is 4. The number of benzene rings is 1. The summed E-state index contributed by atoms with van der Waals surface area (Å²) in [6.07, 6.45) is 0.934. The Balaban J connectivity index is 2.06. The summed E-state index contributed by atoms with van der Waals surface area (Å²) >= 11 is 0. The molecule has 140 valence electrons. The Morgan fingerprint density at radius 1 is 1.24 bits per heavy atom. The van der Waals surface area contributed by atoms with E-state index in [0.717, 1.165) is 23.8 Å². The minimum atomic E-state index is -0.119. The second kappa shape index (κ2) is 7.52. The Kier molecular flexibility index (Phi) is 5.83. The van der Waals surface area contributed by atoms with Crippen molar-refractivity contribution in [1.29, 1.82) is 0 Å². The highest BCUT2D eigenvalue weighted by molar-refractivity contribution is 5.94. The van der Waals surface area contributed by atoms with Gasteiger partial charge in [-0.2, -0.15) is 0 Å². The van der Waals surface area contributed by atoms with Crippen molar-refractivity contribution in [2.24, 2.45) is 10.4 Å². The Labute approximate surface area is 151 Å². The number of nitrogens with zero attached hydrogens (tertiary/aromatic N) is 1. The van der Waals surface area contributed by atoms with E-state index in [9.17, 15) is 0 Å². The van der Waals surface area contributed by atoms with Crippen LogP contribution in [0.4, 0.5) is 5.69 Å². The maximum absolute atomic E-state index is 5.69. The summed E-state index contributed by atoms with van der Waals surface area (Å²) in [5, 5.41) is 6.81. The molecule has 6 nitrogen and oxygen atoms in total. The second-order valence-corrected chi connectivity index (χ2v) is 7.05. The van der Waals surface area contributed by atoms with Gasteiger partial charge in [-0.05, 0) is 32.4 Å². The fraction of sp³-hybridized carbons (Fsp3) is 0.632. The minimum absolute atomic E-state index is 0.00980. The first kappa shape index (κ1) is 19.4. The van der Waals surface area contributed by atoms with Crippen LogP contribution in [0.3, 0.4) is 0 Å². The highest BCUT2D eigenvalue weighted by Gasteiger charge is 2.58. The molecule has 1 aromatic rings. The van der Waals surface area contributed by atoms with Gasteiger partial charge in [0.05, 0.1) is 19.3 Å². The maximum atomic E-state index is 5.69. The van der Waals surface area contributed by atoms with Gasteiger partial charge in [-0.25, -0.2) is 0 Å². The molecule has 2 atom stereocenters. The van der Waals surface area contributed by atoms with E-state index >= 15 is 0 Å². The molecule has 0 aromatic heterocycles. The lowest BCUT2D eigenvalue weighted by molar-refractivity contribution is -0.176. The number of guanidine groups is 1. The van der Waals surface area contributed by atoms with Crippen LogP contribution in [-0.2, 0) is 4.74 Å². The van der Waals surface area contributed by atoms with Crippen LogP contribution in [0.5, 0.6) is 11.5 Å². The largest absolute Gasteiger partial charge is 0.493 e. The lowest BCUT2D eigenvalue weighted by Crippen LogP contribution is -2.69. The highest BCUT2D eigenvalue weighted by atomic mass is 16.5. The van der Waals surface area contributed by atoms with E-state index in [1.165, 1.54) is 0 Å². The quantitative estimate of drug-likeness (QED) is 0.609. The third-order valence-corrected chi connectivity index (χ3v) is 5.54. The molecule has 6 heteroatoms. The van der Waals surface area contributed by atoms with Gasteiger partial charge in [0.15, 0.2) is 17.5 Å². The second-order valence-electron chi connectivity index (χ2n) is 7.05. The molecule has 0 radical (unpaired) electrons. The van der Waals surface area contributed by atoms with E-state index in [4.69, 9.17) is 14.2 Å². The monoisotopic (exact) mass is 349 g/mol. The molecule has 1 aliphatic rings. The van der Waals surface area contributed by atoms with Gasteiger partial charge in [0.25, 0.3) is 0 Å². The van der Waals surface area contributed by atoms with E-state index < -0.39 is 0 Å². The zero-order valence-corrected chi connectivity index (χ0v) is 16.4. The average Bonchev–Trinajstić information content (AvgIpc) is 2.61. The van der Waals surface area contributed by atoms with Crippen LogP contribution in [0.2, 0.25) is 0 Å². The third-order valence-electron chi connectivity index (χ3n) is 5.54. The number of rotatable bonds is 6. The van der Waals surface area contributed by atoms with Crippen LogP contribution in [0, 0.1) is 5.41 Å². The standard InChI is InChI=1S/C19H31N3O3/c1-8-25-14-10-9-13(11-15(14)23-6)21-17(20-5)22-16-12-19(4,24-7)18(16,2)3/h9-11,16H,8,12H2,1-7H3,(H2,20,21,22). The Hall–Kier alpha value is -1.95. The van der Waals surface area contributed by atoms with Gasteiger partial charge >= 0.3 is 0 Å². The van der Waals surface area contributed by atoms with Gasteiger partial charge < -0.3 is 24.8 Å². The van der Waals surface area contributed by atoms with E-state index in [1.54, 1.807) is 21.3 Å². The SMILES string of the molecule is CCOc1ccc(NC(=NC)NC2CC(C)(OC)C2(C)C)cc1OC. The molecule has 25 heavy (non-hydrogen) atoms. The molecule has 0 amide bonds. The van der Waals surface area contributed by atoms with Crippen molar-refractivity contribution in [3.05, 3.63) is 18.2 Å². The molecule has 0 heterocycles. The molecular weight excluding hydrogens is 318 g/mol. The summed E-state index contributed by atoms with van der Waals surface area (Å²) < 4.78 is 16.6. The molecule has 1 fully saturated rings. The van der Waals surface area contributed by atoms with Crippen molar-refractivity contribution < 1.29 is 14.2 Å². The Morgan fingerprint density at radius 2 is 1.96 bits per heavy atom. The fourth-order valence-corrected chi connectivity index (χ4v) is 3.20. The number of aliphatic imine (C=N–C) groups is 1. The number of methoxy groups -OCH3 is 2. The topological polar surface area (TPSA) is 64.1 Å². The smallest absolute Gasteiger partial charge is 0.195 e. The average molecular weight is 349 g/mol. The van der Waals surface area contributed by atoms with Gasteiger partial charge in [-0.3, -0.25) is 4.99 Å². The molecule has 0 aliphatic heterocycles. The summed E-state index contributed by atoms with van der Waals surface area (Å²) in [6.45, 7) is 9.13. The predicted molar refractivity (Wildman–Crippen MR) is 102 cm³/mol. The van der Waals surface area contributed by atoms with Crippen molar-refractivity contribution in [3.8, 4) is 11.5 Å². The molecular formula is C19H31N3O3. The zero-order chi connectivity index (χ0) is 18.7. The zero-order valence-electron chi connectivity index (χ0n) is 16.4. The summed E-state index contributed by atoms with van der Waals surface area (Å²) in [5.74, 6) is 2.15. The predicted octanol–water partition coefficient (Wildman–Crippen LogP) is 3.28. The van der Waals surface area contributed by atoms with Crippen LogP contribution >= 0.6 is 0 Å². The van der Waals surface area contributed by atoms with E-state index in [2.05, 4.69) is 36.4 Å². The van der Waals surface area contributed by atoms with Crippen LogP contribution in [0.15, 0.2) is 23.2 Å². The molecule has 0 spiro atoms. The van der Waals surface area contributed by atoms with Gasteiger partial charge in [0, 0.05) is 37.4 Å². The van der Waals surface area contributed by atoms with E-state index in [1.807, 2.05) is 25.1 Å². The maximum Gasteiger partial charge on any atom is 0.195 e.